The molecular weight excluding hydrogens is 165 g/mol. The number of benzene rings is 1. The van der Waals surface area contributed by atoms with E-state index in [1.165, 1.54) is 17.7 Å². The fourth-order valence-electron chi connectivity index (χ4n) is 1.86. The van der Waals surface area contributed by atoms with Gasteiger partial charge in [0.15, 0.2) is 0 Å². The largest absolute Gasteiger partial charge is 0.310 e. The third-order valence-electron chi connectivity index (χ3n) is 2.62. The van der Waals surface area contributed by atoms with E-state index in [1.54, 1.807) is 0 Å². The van der Waals surface area contributed by atoms with E-state index in [0.717, 1.165) is 18.9 Å². The minimum absolute atomic E-state index is 0.158. The molecule has 2 heteroatoms. The van der Waals surface area contributed by atoms with Crippen molar-refractivity contribution in [2.45, 2.75) is 19.4 Å². The van der Waals surface area contributed by atoms with Crippen LogP contribution in [0.25, 0.3) is 0 Å². The first-order valence-corrected chi connectivity index (χ1v) is 4.74. The van der Waals surface area contributed by atoms with E-state index in [-0.39, 0.29) is 5.82 Å². The Morgan fingerprint density at radius 3 is 2.54 bits per heavy atom. The molecule has 0 saturated carbocycles. The van der Waals surface area contributed by atoms with Crippen LogP contribution in [0.15, 0.2) is 24.3 Å². The lowest BCUT2D eigenvalue weighted by Crippen LogP contribution is -2.13. The highest BCUT2D eigenvalue weighted by Gasteiger charge is 2.21. The van der Waals surface area contributed by atoms with Crippen LogP contribution in [0.1, 0.15) is 24.9 Å². The topological polar surface area (TPSA) is 12.0 Å². The molecule has 1 saturated heterocycles. The van der Waals surface area contributed by atoms with Crippen LogP contribution in [0.4, 0.5) is 4.39 Å². The van der Waals surface area contributed by atoms with Crippen LogP contribution in [0.3, 0.4) is 0 Å². The summed E-state index contributed by atoms with van der Waals surface area (Å²) >= 11 is 0. The molecule has 1 heterocycles. The zero-order valence-electron chi connectivity index (χ0n) is 7.76. The van der Waals surface area contributed by atoms with Gasteiger partial charge in [-0.2, -0.15) is 0 Å². The average Bonchev–Trinajstić information content (AvgIpc) is 2.53. The molecule has 1 aliphatic rings. The van der Waals surface area contributed by atoms with Crippen LogP contribution in [-0.4, -0.2) is 6.54 Å². The maximum atomic E-state index is 12.6. The summed E-state index contributed by atoms with van der Waals surface area (Å²) in [5.74, 6) is 0.574. The van der Waals surface area contributed by atoms with Crippen LogP contribution in [0.5, 0.6) is 0 Å². The van der Waals surface area contributed by atoms with E-state index >= 15 is 0 Å². The fourth-order valence-corrected chi connectivity index (χ4v) is 1.86. The molecule has 0 radical (unpaired) electrons. The number of nitrogens with one attached hydrogen (secondary N) is 1. The molecule has 1 aliphatic heterocycles. The zero-order chi connectivity index (χ0) is 9.26. The first-order valence-electron chi connectivity index (χ1n) is 4.74. The van der Waals surface area contributed by atoms with E-state index in [9.17, 15) is 4.39 Å². The number of hydrogen-bond acceptors (Lipinski definition) is 1. The van der Waals surface area contributed by atoms with Crippen molar-refractivity contribution in [2.75, 3.05) is 6.54 Å². The van der Waals surface area contributed by atoms with E-state index in [0.29, 0.717) is 6.04 Å². The summed E-state index contributed by atoms with van der Waals surface area (Å²) in [6.07, 6.45) is 1.16. The predicted octanol–water partition coefficient (Wildman–Crippen LogP) is 2.50. The van der Waals surface area contributed by atoms with Crippen molar-refractivity contribution in [3.05, 3.63) is 35.6 Å². The molecule has 0 spiro atoms. The molecule has 1 fully saturated rings. The predicted molar refractivity (Wildman–Crippen MR) is 50.9 cm³/mol. The van der Waals surface area contributed by atoms with Crippen molar-refractivity contribution < 1.29 is 4.39 Å². The van der Waals surface area contributed by atoms with Crippen LogP contribution in [0, 0.1) is 11.7 Å². The fraction of sp³-hybridized carbons (Fsp3) is 0.455. The van der Waals surface area contributed by atoms with E-state index < -0.39 is 0 Å². The van der Waals surface area contributed by atoms with E-state index in [2.05, 4.69) is 12.2 Å². The van der Waals surface area contributed by atoms with Gasteiger partial charge in [-0.3, -0.25) is 0 Å². The van der Waals surface area contributed by atoms with Gasteiger partial charge in [0.05, 0.1) is 0 Å². The quantitative estimate of drug-likeness (QED) is 0.698. The molecule has 2 atom stereocenters. The molecule has 1 nitrogen and oxygen atoms in total. The van der Waals surface area contributed by atoms with E-state index in [1.807, 2.05) is 12.1 Å². The molecular formula is C11H14FN. The Bertz CT molecular complexity index is 281. The van der Waals surface area contributed by atoms with Crippen LogP contribution >= 0.6 is 0 Å². The molecule has 2 rings (SSSR count). The lowest BCUT2D eigenvalue weighted by molar-refractivity contribution is 0.603. The smallest absolute Gasteiger partial charge is 0.123 e. The highest BCUT2D eigenvalue weighted by molar-refractivity contribution is 5.20. The highest BCUT2D eigenvalue weighted by atomic mass is 19.1. The average molecular weight is 179 g/mol. The maximum Gasteiger partial charge on any atom is 0.123 e. The molecule has 70 valence electrons. The van der Waals surface area contributed by atoms with Gasteiger partial charge >= 0.3 is 0 Å². The molecule has 0 unspecified atom stereocenters. The summed E-state index contributed by atoms with van der Waals surface area (Å²) in [6, 6.07) is 7.21. The van der Waals surface area contributed by atoms with Crippen LogP contribution in [-0.2, 0) is 0 Å². The number of halogens is 1. The van der Waals surface area contributed by atoms with Crippen molar-refractivity contribution >= 4 is 0 Å². The van der Waals surface area contributed by atoms with Gasteiger partial charge in [0.25, 0.3) is 0 Å². The molecule has 0 bridgehead atoms. The Hall–Kier alpha value is -0.890. The van der Waals surface area contributed by atoms with Gasteiger partial charge in [0, 0.05) is 6.04 Å². The van der Waals surface area contributed by atoms with Crippen molar-refractivity contribution in [3.63, 3.8) is 0 Å². The Labute approximate surface area is 78.0 Å². The van der Waals surface area contributed by atoms with Gasteiger partial charge in [0.2, 0.25) is 0 Å². The van der Waals surface area contributed by atoms with Crippen LogP contribution in [0.2, 0.25) is 0 Å². The standard InChI is InChI=1S/C11H14FN/c1-8-6-11(13-7-8)9-2-4-10(12)5-3-9/h2-5,8,11,13H,6-7H2,1H3/t8-,11-/m0/s1. The van der Waals surface area contributed by atoms with Crippen molar-refractivity contribution in [3.8, 4) is 0 Å². The van der Waals surface area contributed by atoms with Gasteiger partial charge < -0.3 is 5.32 Å². The van der Waals surface area contributed by atoms with Crippen molar-refractivity contribution in [2.24, 2.45) is 5.92 Å². The minimum Gasteiger partial charge on any atom is -0.310 e. The third-order valence-corrected chi connectivity index (χ3v) is 2.62. The second-order valence-corrected chi connectivity index (χ2v) is 3.85. The zero-order valence-corrected chi connectivity index (χ0v) is 7.76. The molecule has 13 heavy (non-hydrogen) atoms. The molecule has 1 N–H and O–H groups in total. The van der Waals surface area contributed by atoms with Gasteiger partial charge in [-0.25, -0.2) is 4.39 Å². The summed E-state index contributed by atoms with van der Waals surface area (Å²) < 4.78 is 12.6. The number of rotatable bonds is 1. The Kier molecular flexibility index (Phi) is 2.32. The van der Waals surface area contributed by atoms with Crippen molar-refractivity contribution in [1.82, 2.24) is 5.32 Å². The van der Waals surface area contributed by atoms with Gasteiger partial charge in [-0.15, -0.1) is 0 Å². The van der Waals surface area contributed by atoms with Gasteiger partial charge in [-0.05, 0) is 36.6 Å². The van der Waals surface area contributed by atoms with Crippen LogP contribution < -0.4 is 5.32 Å². The number of hydrogen-bond donors (Lipinski definition) is 1. The van der Waals surface area contributed by atoms with Gasteiger partial charge in [0.1, 0.15) is 5.82 Å². The van der Waals surface area contributed by atoms with E-state index in [4.69, 9.17) is 0 Å². The Morgan fingerprint density at radius 1 is 1.31 bits per heavy atom. The summed E-state index contributed by atoms with van der Waals surface area (Å²) in [4.78, 5) is 0. The highest BCUT2D eigenvalue weighted by Crippen LogP contribution is 2.26. The molecule has 1 aromatic rings. The first kappa shape index (κ1) is 8.70. The normalized spacial score (nSPS) is 27.8. The monoisotopic (exact) mass is 179 g/mol. The maximum absolute atomic E-state index is 12.6. The lowest BCUT2D eigenvalue weighted by atomic mass is 10.0. The van der Waals surface area contributed by atoms with Gasteiger partial charge in [-0.1, -0.05) is 19.1 Å². The lowest BCUT2D eigenvalue weighted by Gasteiger charge is -2.09. The Morgan fingerprint density at radius 2 is 2.00 bits per heavy atom. The SMILES string of the molecule is C[C@@H]1CN[C@H](c2ccc(F)cc2)C1. The molecule has 1 aromatic carbocycles. The summed E-state index contributed by atoms with van der Waals surface area (Å²) in [5, 5.41) is 3.42. The first-order chi connectivity index (χ1) is 6.25. The minimum atomic E-state index is -0.158. The third kappa shape index (κ3) is 1.89. The molecule has 0 amide bonds. The summed E-state index contributed by atoms with van der Waals surface area (Å²) in [7, 11) is 0. The molecule has 0 aliphatic carbocycles. The second-order valence-electron chi connectivity index (χ2n) is 3.85. The summed E-state index contributed by atoms with van der Waals surface area (Å²) in [5.41, 5.74) is 1.20. The Balaban J connectivity index is 2.13. The molecule has 0 aromatic heterocycles. The second kappa shape index (κ2) is 3.46. The van der Waals surface area contributed by atoms with Crippen molar-refractivity contribution in [1.29, 1.82) is 0 Å². The summed E-state index contributed by atoms with van der Waals surface area (Å²) in [6.45, 7) is 3.30.